The number of H-pyrrole nitrogens is 1. The Bertz CT molecular complexity index is 406. The van der Waals surface area contributed by atoms with Gasteiger partial charge >= 0.3 is 0 Å². The normalized spacial score (nSPS) is 17.7. The molecule has 0 bridgehead atoms. The van der Waals surface area contributed by atoms with Crippen molar-refractivity contribution in [2.24, 2.45) is 0 Å². The molecule has 1 fully saturated rings. The summed E-state index contributed by atoms with van der Waals surface area (Å²) in [7, 11) is 1.51. The van der Waals surface area contributed by atoms with Crippen molar-refractivity contribution in [3.63, 3.8) is 0 Å². The molecule has 2 rings (SSSR count). The summed E-state index contributed by atoms with van der Waals surface area (Å²) in [6.07, 6.45) is 6.83. The number of ether oxygens (including phenoxy) is 1. The van der Waals surface area contributed by atoms with Gasteiger partial charge in [-0.05, 0) is 25.9 Å². The van der Waals surface area contributed by atoms with Crippen LogP contribution in [0.4, 0.5) is 0 Å². The molecule has 1 N–H and O–H groups in total. The zero-order chi connectivity index (χ0) is 12.1. The van der Waals surface area contributed by atoms with Crippen molar-refractivity contribution < 1.29 is 4.74 Å². The second kappa shape index (κ2) is 5.87. The first-order valence-corrected chi connectivity index (χ1v) is 6.27. The van der Waals surface area contributed by atoms with Crippen molar-refractivity contribution in [1.82, 2.24) is 9.88 Å². The number of hydrogen-bond donors (Lipinski definition) is 1. The SMILES string of the molecule is COc1c[nH]c(CN2CCCCCC2)cc1=O. The summed E-state index contributed by atoms with van der Waals surface area (Å²) in [6, 6.07) is 1.64. The van der Waals surface area contributed by atoms with Crippen LogP contribution < -0.4 is 10.2 Å². The maximum absolute atomic E-state index is 11.6. The number of hydrogen-bond acceptors (Lipinski definition) is 3. The second-order valence-corrected chi connectivity index (χ2v) is 4.58. The van der Waals surface area contributed by atoms with Gasteiger partial charge < -0.3 is 9.72 Å². The van der Waals surface area contributed by atoms with Gasteiger partial charge in [-0.2, -0.15) is 0 Å². The summed E-state index contributed by atoms with van der Waals surface area (Å²) in [5.74, 6) is 0.379. The van der Waals surface area contributed by atoms with Gasteiger partial charge in [0, 0.05) is 24.5 Å². The third-order valence-corrected chi connectivity index (χ3v) is 3.25. The molecule has 2 heterocycles. The van der Waals surface area contributed by atoms with Crippen LogP contribution in [0, 0.1) is 0 Å². The van der Waals surface area contributed by atoms with Crippen LogP contribution in [0.1, 0.15) is 31.4 Å². The first kappa shape index (κ1) is 12.2. The Morgan fingerprint density at radius 3 is 2.59 bits per heavy atom. The highest BCUT2D eigenvalue weighted by Crippen LogP contribution is 2.12. The Balaban J connectivity index is 2.02. The number of nitrogens with one attached hydrogen (secondary N) is 1. The summed E-state index contributed by atoms with van der Waals surface area (Å²) < 4.78 is 4.95. The molecule has 0 atom stereocenters. The average Bonchev–Trinajstić information content (AvgIpc) is 2.58. The van der Waals surface area contributed by atoms with Gasteiger partial charge in [-0.25, -0.2) is 0 Å². The van der Waals surface area contributed by atoms with Crippen molar-refractivity contribution in [3.8, 4) is 5.75 Å². The van der Waals surface area contributed by atoms with Gasteiger partial charge in [0.15, 0.2) is 5.75 Å². The Morgan fingerprint density at radius 1 is 1.29 bits per heavy atom. The molecule has 17 heavy (non-hydrogen) atoms. The maximum Gasteiger partial charge on any atom is 0.223 e. The maximum atomic E-state index is 11.6. The molecule has 0 aromatic carbocycles. The van der Waals surface area contributed by atoms with Gasteiger partial charge in [-0.3, -0.25) is 9.69 Å². The monoisotopic (exact) mass is 236 g/mol. The van der Waals surface area contributed by atoms with Crippen molar-refractivity contribution in [1.29, 1.82) is 0 Å². The Kier molecular flexibility index (Phi) is 4.20. The molecule has 0 radical (unpaired) electrons. The average molecular weight is 236 g/mol. The van der Waals surface area contributed by atoms with Crippen LogP contribution in [0.25, 0.3) is 0 Å². The second-order valence-electron chi connectivity index (χ2n) is 4.58. The number of pyridine rings is 1. The molecule has 0 spiro atoms. The van der Waals surface area contributed by atoms with Crippen molar-refractivity contribution in [2.75, 3.05) is 20.2 Å². The fourth-order valence-electron chi connectivity index (χ4n) is 2.29. The minimum Gasteiger partial charge on any atom is -0.491 e. The van der Waals surface area contributed by atoms with Crippen molar-refractivity contribution in [2.45, 2.75) is 32.2 Å². The standard InChI is InChI=1S/C13H20N2O2/c1-17-13-9-14-11(8-12(13)16)10-15-6-4-2-3-5-7-15/h8-9H,2-7,10H2,1H3,(H,14,16). The first-order chi connectivity index (χ1) is 8.29. The molecule has 1 saturated heterocycles. The number of aromatic nitrogens is 1. The van der Waals surface area contributed by atoms with E-state index < -0.39 is 0 Å². The smallest absolute Gasteiger partial charge is 0.223 e. The lowest BCUT2D eigenvalue weighted by Gasteiger charge is -2.19. The Labute approximate surface area is 102 Å². The van der Waals surface area contributed by atoms with Gasteiger partial charge in [0.2, 0.25) is 5.43 Å². The molecule has 4 heteroatoms. The first-order valence-electron chi connectivity index (χ1n) is 6.27. The molecule has 0 saturated carbocycles. The van der Waals surface area contributed by atoms with Crippen molar-refractivity contribution in [3.05, 3.63) is 28.2 Å². The van der Waals surface area contributed by atoms with E-state index in [0.717, 1.165) is 25.3 Å². The van der Waals surface area contributed by atoms with E-state index in [-0.39, 0.29) is 5.43 Å². The summed E-state index contributed by atoms with van der Waals surface area (Å²) in [5.41, 5.74) is 0.925. The fraction of sp³-hybridized carbons (Fsp3) is 0.615. The lowest BCUT2D eigenvalue weighted by atomic mass is 10.2. The number of nitrogens with zero attached hydrogens (tertiary/aromatic N) is 1. The van der Waals surface area contributed by atoms with E-state index >= 15 is 0 Å². The molecule has 94 valence electrons. The molecule has 4 nitrogen and oxygen atoms in total. The van der Waals surface area contributed by atoms with Crippen LogP contribution in [0.3, 0.4) is 0 Å². The van der Waals surface area contributed by atoms with Gasteiger partial charge in [-0.1, -0.05) is 12.8 Å². The van der Waals surface area contributed by atoms with Gasteiger partial charge in [0.1, 0.15) is 0 Å². The Hall–Kier alpha value is -1.29. The molecule has 1 aliphatic heterocycles. The largest absolute Gasteiger partial charge is 0.491 e. The number of likely N-dealkylation sites (tertiary alicyclic amines) is 1. The zero-order valence-corrected chi connectivity index (χ0v) is 10.4. The van der Waals surface area contributed by atoms with Crippen LogP contribution in [0.2, 0.25) is 0 Å². The van der Waals surface area contributed by atoms with Gasteiger partial charge in [0.05, 0.1) is 7.11 Å². The summed E-state index contributed by atoms with van der Waals surface area (Å²) in [6.45, 7) is 3.10. The quantitative estimate of drug-likeness (QED) is 0.869. The number of rotatable bonds is 3. The topological polar surface area (TPSA) is 45.3 Å². The number of methoxy groups -OCH3 is 1. The molecular weight excluding hydrogens is 216 g/mol. The summed E-state index contributed by atoms with van der Waals surface area (Å²) in [4.78, 5) is 17.2. The van der Waals surface area contributed by atoms with E-state index in [1.807, 2.05) is 0 Å². The fourth-order valence-corrected chi connectivity index (χ4v) is 2.29. The third kappa shape index (κ3) is 3.33. The molecule has 0 unspecified atom stereocenters. The van der Waals surface area contributed by atoms with E-state index in [1.54, 1.807) is 12.3 Å². The predicted octanol–water partition coefficient (Wildman–Crippen LogP) is 1.76. The van der Waals surface area contributed by atoms with Crippen LogP contribution in [0.15, 0.2) is 17.1 Å². The molecule has 0 aliphatic carbocycles. The highest BCUT2D eigenvalue weighted by Gasteiger charge is 2.10. The molecular formula is C13H20N2O2. The lowest BCUT2D eigenvalue weighted by Crippen LogP contribution is -2.25. The molecule has 1 aromatic rings. The summed E-state index contributed by atoms with van der Waals surface area (Å²) in [5, 5.41) is 0. The van der Waals surface area contributed by atoms with E-state index in [4.69, 9.17) is 4.74 Å². The highest BCUT2D eigenvalue weighted by molar-refractivity contribution is 5.20. The number of aromatic amines is 1. The van der Waals surface area contributed by atoms with Crippen LogP contribution >= 0.6 is 0 Å². The van der Waals surface area contributed by atoms with Gasteiger partial charge in [-0.15, -0.1) is 0 Å². The zero-order valence-electron chi connectivity index (χ0n) is 10.4. The third-order valence-electron chi connectivity index (χ3n) is 3.25. The highest BCUT2D eigenvalue weighted by atomic mass is 16.5. The van der Waals surface area contributed by atoms with Crippen LogP contribution in [0.5, 0.6) is 5.75 Å². The minimum atomic E-state index is -0.0453. The van der Waals surface area contributed by atoms with Gasteiger partial charge in [0.25, 0.3) is 0 Å². The van der Waals surface area contributed by atoms with E-state index in [1.165, 1.54) is 32.8 Å². The van der Waals surface area contributed by atoms with Crippen molar-refractivity contribution >= 4 is 0 Å². The van der Waals surface area contributed by atoms with E-state index in [0.29, 0.717) is 5.75 Å². The summed E-state index contributed by atoms with van der Waals surface area (Å²) >= 11 is 0. The van der Waals surface area contributed by atoms with E-state index in [9.17, 15) is 4.79 Å². The molecule has 0 amide bonds. The predicted molar refractivity (Wildman–Crippen MR) is 67.4 cm³/mol. The molecule has 1 aliphatic rings. The Morgan fingerprint density at radius 2 is 2.00 bits per heavy atom. The molecule has 1 aromatic heterocycles. The van der Waals surface area contributed by atoms with Crippen LogP contribution in [-0.2, 0) is 6.54 Å². The minimum absolute atomic E-state index is 0.0453. The van der Waals surface area contributed by atoms with Crippen LogP contribution in [-0.4, -0.2) is 30.1 Å². The lowest BCUT2D eigenvalue weighted by molar-refractivity contribution is 0.273. The van der Waals surface area contributed by atoms with E-state index in [2.05, 4.69) is 9.88 Å².